The van der Waals surface area contributed by atoms with E-state index in [1.165, 1.54) is 0 Å². The average molecular weight is 196 g/mol. The van der Waals surface area contributed by atoms with Crippen LogP contribution < -0.4 is 5.32 Å². The van der Waals surface area contributed by atoms with Crippen LogP contribution in [0.1, 0.15) is 34.1 Å². The van der Waals surface area contributed by atoms with Crippen LogP contribution in [0.3, 0.4) is 0 Å². The zero-order valence-corrected chi connectivity index (χ0v) is 9.50. The molecule has 0 spiro atoms. The van der Waals surface area contributed by atoms with Crippen molar-refractivity contribution < 1.29 is 4.74 Å². The number of ether oxygens (including phenoxy) is 1. The molecule has 1 aliphatic rings. The van der Waals surface area contributed by atoms with Gasteiger partial charge in [0.2, 0.25) is 0 Å². The fourth-order valence-corrected chi connectivity index (χ4v) is 1.99. The number of hydrogen-bond acceptors (Lipinski definition) is 3. The fourth-order valence-electron chi connectivity index (χ4n) is 1.99. The van der Waals surface area contributed by atoms with Crippen LogP contribution in [-0.2, 0) is 4.74 Å². The van der Waals surface area contributed by atoms with Gasteiger partial charge in [-0.25, -0.2) is 0 Å². The van der Waals surface area contributed by atoms with Crippen LogP contribution in [0.4, 0.5) is 0 Å². The molecule has 3 nitrogen and oxygen atoms in total. The molecule has 3 heteroatoms. The molecule has 0 heterocycles. The molecule has 14 heavy (non-hydrogen) atoms. The highest BCUT2D eigenvalue weighted by atomic mass is 16.5. The molecule has 0 bridgehead atoms. The molecular formula is C11H20N2O. The Kier molecular flexibility index (Phi) is 3.52. The Labute approximate surface area is 86.4 Å². The number of nitrogens with zero attached hydrogens (tertiary/aromatic N) is 1. The molecule has 1 N–H and O–H groups in total. The molecule has 80 valence electrons. The minimum Gasteiger partial charge on any atom is -0.378 e. The molecule has 0 aromatic heterocycles. The normalized spacial score (nSPS) is 31.6. The van der Waals surface area contributed by atoms with Gasteiger partial charge in [-0.15, -0.1) is 0 Å². The third-order valence-electron chi connectivity index (χ3n) is 3.19. The van der Waals surface area contributed by atoms with Gasteiger partial charge >= 0.3 is 0 Å². The zero-order chi connectivity index (χ0) is 10.8. The molecule has 3 unspecified atom stereocenters. The lowest BCUT2D eigenvalue weighted by atomic mass is 9.64. The number of hydrogen-bond donors (Lipinski definition) is 1. The van der Waals surface area contributed by atoms with E-state index in [0.717, 1.165) is 13.0 Å². The molecule has 1 rings (SSSR count). The van der Waals surface area contributed by atoms with E-state index in [1.54, 1.807) is 0 Å². The largest absolute Gasteiger partial charge is 0.378 e. The maximum atomic E-state index is 8.70. The Hall–Kier alpha value is -0.590. The summed E-state index contributed by atoms with van der Waals surface area (Å²) < 4.78 is 5.62. The van der Waals surface area contributed by atoms with E-state index in [2.05, 4.69) is 25.2 Å². The summed E-state index contributed by atoms with van der Waals surface area (Å²) in [6.07, 6.45) is 1.36. The third kappa shape index (κ3) is 2.08. The first-order valence-corrected chi connectivity index (χ1v) is 5.29. The summed E-state index contributed by atoms with van der Waals surface area (Å²) in [5.41, 5.74) is 0.154. The number of nitriles is 1. The van der Waals surface area contributed by atoms with E-state index in [0.29, 0.717) is 12.1 Å². The summed E-state index contributed by atoms with van der Waals surface area (Å²) in [5, 5.41) is 12.0. The molecule has 0 saturated heterocycles. The summed E-state index contributed by atoms with van der Waals surface area (Å²) >= 11 is 0. The molecule has 0 aliphatic heterocycles. The highest BCUT2D eigenvalue weighted by molar-refractivity contribution is 5.05. The molecular weight excluding hydrogens is 176 g/mol. The van der Waals surface area contributed by atoms with Crippen LogP contribution in [0, 0.1) is 16.7 Å². The van der Waals surface area contributed by atoms with Gasteiger partial charge in [0.25, 0.3) is 0 Å². The molecule has 1 fully saturated rings. The van der Waals surface area contributed by atoms with Crippen LogP contribution in [0.15, 0.2) is 0 Å². The molecule has 1 saturated carbocycles. The minimum absolute atomic E-state index is 0.0677. The van der Waals surface area contributed by atoms with Gasteiger partial charge in [0.05, 0.1) is 18.2 Å². The van der Waals surface area contributed by atoms with Crippen molar-refractivity contribution in [2.75, 3.05) is 6.61 Å². The molecule has 0 radical (unpaired) electrons. The Morgan fingerprint density at radius 2 is 2.29 bits per heavy atom. The second-order valence-electron chi connectivity index (χ2n) is 4.57. The van der Waals surface area contributed by atoms with Crippen molar-refractivity contribution >= 4 is 0 Å². The maximum absolute atomic E-state index is 8.70. The van der Waals surface area contributed by atoms with Crippen molar-refractivity contribution in [1.29, 1.82) is 5.26 Å². The molecule has 0 amide bonds. The van der Waals surface area contributed by atoms with Crippen LogP contribution in [-0.4, -0.2) is 24.8 Å². The van der Waals surface area contributed by atoms with E-state index in [4.69, 9.17) is 10.00 Å². The maximum Gasteiger partial charge on any atom is 0.0926 e. The number of rotatable bonds is 4. The van der Waals surface area contributed by atoms with Crippen molar-refractivity contribution in [1.82, 2.24) is 5.32 Å². The van der Waals surface area contributed by atoms with Crippen LogP contribution in [0.2, 0.25) is 0 Å². The molecule has 0 aromatic rings. The standard InChI is InChI=1S/C11H20N2O/c1-5-14-10-6-9(11(10,3)4)13-8(2)7-12/h8-10,13H,5-6H2,1-4H3. The first-order chi connectivity index (χ1) is 6.52. The second kappa shape index (κ2) is 4.29. The fraction of sp³-hybridized carbons (Fsp3) is 0.909. The van der Waals surface area contributed by atoms with Crippen molar-refractivity contribution in [2.45, 2.75) is 52.3 Å². The Morgan fingerprint density at radius 1 is 1.64 bits per heavy atom. The monoisotopic (exact) mass is 196 g/mol. The van der Waals surface area contributed by atoms with E-state index in [1.807, 2.05) is 13.8 Å². The van der Waals surface area contributed by atoms with Crippen LogP contribution in [0.25, 0.3) is 0 Å². The highest BCUT2D eigenvalue weighted by Crippen LogP contribution is 2.42. The smallest absolute Gasteiger partial charge is 0.0926 e. The van der Waals surface area contributed by atoms with E-state index in [-0.39, 0.29) is 11.5 Å². The topological polar surface area (TPSA) is 45.0 Å². The lowest BCUT2D eigenvalue weighted by Crippen LogP contribution is -2.62. The van der Waals surface area contributed by atoms with E-state index in [9.17, 15) is 0 Å². The summed E-state index contributed by atoms with van der Waals surface area (Å²) in [6, 6.07) is 2.54. The van der Waals surface area contributed by atoms with Crippen LogP contribution >= 0.6 is 0 Å². The van der Waals surface area contributed by atoms with E-state index < -0.39 is 0 Å². The average Bonchev–Trinajstić information content (AvgIpc) is 2.16. The minimum atomic E-state index is -0.0677. The van der Waals surface area contributed by atoms with Gasteiger partial charge in [-0.2, -0.15) is 5.26 Å². The first-order valence-electron chi connectivity index (χ1n) is 5.29. The molecule has 0 aromatic carbocycles. The lowest BCUT2D eigenvalue weighted by molar-refractivity contribution is -0.115. The predicted molar refractivity (Wildman–Crippen MR) is 55.8 cm³/mol. The van der Waals surface area contributed by atoms with Crippen molar-refractivity contribution in [3.63, 3.8) is 0 Å². The van der Waals surface area contributed by atoms with Crippen molar-refractivity contribution in [2.24, 2.45) is 5.41 Å². The predicted octanol–water partition coefficient (Wildman–Crippen LogP) is 1.69. The van der Waals surface area contributed by atoms with Gasteiger partial charge in [-0.05, 0) is 20.3 Å². The Morgan fingerprint density at radius 3 is 2.71 bits per heavy atom. The van der Waals surface area contributed by atoms with E-state index >= 15 is 0 Å². The molecule has 3 atom stereocenters. The molecule has 1 aliphatic carbocycles. The Balaban J connectivity index is 2.43. The first kappa shape index (κ1) is 11.5. The van der Waals surface area contributed by atoms with Gasteiger partial charge in [-0.1, -0.05) is 13.8 Å². The summed E-state index contributed by atoms with van der Waals surface area (Å²) in [4.78, 5) is 0. The van der Waals surface area contributed by atoms with Gasteiger partial charge in [0.1, 0.15) is 0 Å². The van der Waals surface area contributed by atoms with Gasteiger partial charge in [-0.3, -0.25) is 5.32 Å². The summed E-state index contributed by atoms with van der Waals surface area (Å²) in [5.74, 6) is 0. The van der Waals surface area contributed by atoms with Crippen molar-refractivity contribution in [3.8, 4) is 6.07 Å². The third-order valence-corrected chi connectivity index (χ3v) is 3.19. The number of nitrogens with one attached hydrogen (secondary N) is 1. The summed E-state index contributed by atoms with van der Waals surface area (Å²) in [7, 11) is 0. The highest BCUT2D eigenvalue weighted by Gasteiger charge is 2.48. The Bertz CT molecular complexity index is 232. The van der Waals surface area contributed by atoms with Gasteiger partial charge in [0, 0.05) is 18.1 Å². The van der Waals surface area contributed by atoms with Gasteiger partial charge in [0.15, 0.2) is 0 Å². The summed E-state index contributed by atoms with van der Waals surface area (Å²) in [6.45, 7) is 9.07. The van der Waals surface area contributed by atoms with Crippen LogP contribution in [0.5, 0.6) is 0 Å². The van der Waals surface area contributed by atoms with Crippen molar-refractivity contribution in [3.05, 3.63) is 0 Å². The SMILES string of the molecule is CCOC1CC(NC(C)C#N)C1(C)C. The second-order valence-corrected chi connectivity index (χ2v) is 4.57. The van der Waals surface area contributed by atoms with Gasteiger partial charge < -0.3 is 4.74 Å². The zero-order valence-electron chi connectivity index (χ0n) is 9.50. The quantitative estimate of drug-likeness (QED) is 0.744. The lowest BCUT2D eigenvalue weighted by Gasteiger charge is -2.52.